The van der Waals surface area contributed by atoms with Crippen LogP contribution in [0.4, 0.5) is 13.2 Å². The van der Waals surface area contributed by atoms with E-state index in [9.17, 15) is 13.2 Å². The second-order valence-electron chi connectivity index (χ2n) is 5.81. The average molecular weight is 316 g/mol. The lowest BCUT2D eigenvalue weighted by atomic mass is 10.0. The van der Waals surface area contributed by atoms with Crippen LogP contribution in [0.1, 0.15) is 5.69 Å². The SMILES string of the molecule is Fc1cc(F)c(-c2ccc3c(c2)cc2n3CCNCC2)c(F)c1. The quantitative estimate of drug-likeness (QED) is 0.721. The van der Waals surface area contributed by atoms with Crippen LogP contribution in [-0.4, -0.2) is 17.7 Å². The van der Waals surface area contributed by atoms with Crippen LogP contribution in [0.5, 0.6) is 0 Å². The summed E-state index contributed by atoms with van der Waals surface area (Å²) in [5.74, 6) is -2.67. The predicted octanol–water partition coefficient (Wildman–Crippen LogP) is 3.87. The predicted molar refractivity (Wildman–Crippen MR) is 83.8 cm³/mol. The third-order valence-electron chi connectivity index (χ3n) is 4.35. The number of hydrogen-bond acceptors (Lipinski definition) is 1. The molecule has 0 aliphatic carbocycles. The second-order valence-corrected chi connectivity index (χ2v) is 5.81. The first kappa shape index (κ1) is 14.3. The average Bonchev–Trinajstić information content (AvgIpc) is 2.67. The molecule has 1 N–H and O–H groups in total. The summed E-state index contributed by atoms with van der Waals surface area (Å²) < 4.78 is 43.3. The third-order valence-corrected chi connectivity index (χ3v) is 4.35. The number of fused-ring (bicyclic) bond motifs is 3. The lowest BCUT2D eigenvalue weighted by Crippen LogP contribution is -2.17. The van der Waals surface area contributed by atoms with Crippen molar-refractivity contribution in [1.82, 2.24) is 9.88 Å². The van der Waals surface area contributed by atoms with Crippen LogP contribution in [0.15, 0.2) is 36.4 Å². The Labute approximate surface area is 131 Å². The highest BCUT2D eigenvalue weighted by Crippen LogP contribution is 2.31. The van der Waals surface area contributed by atoms with Crippen LogP contribution in [0.3, 0.4) is 0 Å². The minimum Gasteiger partial charge on any atom is -0.343 e. The zero-order chi connectivity index (χ0) is 16.0. The van der Waals surface area contributed by atoms with Crippen molar-refractivity contribution in [1.29, 1.82) is 0 Å². The van der Waals surface area contributed by atoms with Gasteiger partial charge in [0.15, 0.2) is 0 Å². The van der Waals surface area contributed by atoms with E-state index >= 15 is 0 Å². The van der Waals surface area contributed by atoms with Crippen LogP contribution in [0.25, 0.3) is 22.0 Å². The molecule has 2 aromatic carbocycles. The second kappa shape index (κ2) is 5.42. The molecule has 0 amide bonds. The Morgan fingerprint density at radius 2 is 1.70 bits per heavy atom. The number of nitrogens with one attached hydrogen (secondary N) is 1. The molecule has 4 rings (SSSR count). The molecule has 2 nitrogen and oxygen atoms in total. The fourth-order valence-corrected chi connectivity index (χ4v) is 3.31. The van der Waals surface area contributed by atoms with E-state index in [0.29, 0.717) is 17.7 Å². The van der Waals surface area contributed by atoms with E-state index in [2.05, 4.69) is 16.0 Å². The summed E-state index contributed by atoms with van der Waals surface area (Å²) >= 11 is 0. The normalized spacial score (nSPS) is 14.7. The monoisotopic (exact) mass is 316 g/mol. The zero-order valence-electron chi connectivity index (χ0n) is 12.4. The van der Waals surface area contributed by atoms with Crippen molar-refractivity contribution in [2.75, 3.05) is 13.1 Å². The van der Waals surface area contributed by atoms with E-state index in [0.717, 1.165) is 37.0 Å². The van der Waals surface area contributed by atoms with Gasteiger partial charge in [0.1, 0.15) is 17.5 Å². The van der Waals surface area contributed by atoms with E-state index < -0.39 is 17.5 Å². The Balaban J connectivity index is 1.87. The maximum absolute atomic E-state index is 14.0. The van der Waals surface area contributed by atoms with Gasteiger partial charge in [0.2, 0.25) is 0 Å². The summed E-state index contributed by atoms with van der Waals surface area (Å²) in [5.41, 5.74) is 2.50. The maximum atomic E-state index is 14.0. The molecular formula is C18H15F3N2. The van der Waals surface area contributed by atoms with Crippen molar-refractivity contribution in [3.05, 3.63) is 59.5 Å². The van der Waals surface area contributed by atoms with Gasteiger partial charge in [-0.3, -0.25) is 0 Å². The molecule has 23 heavy (non-hydrogen) atoms. The molecule has 5 heteroatoms. The van der Waals surface area contributed by atoms with Gasteiger partial charge in [-0.15, -0.1) is 0 Å². The van der Waals surface area contributed by atoms with Gasteiger partial charge in [-0.25, -0.2) is 13.2 Å². The smallest absolute Gasteiger partial charge is 0.136 e. The Bertz CT molecular complexity index is 876. The summed E-state index contributed by atoms with van der Waals surface area (Å²) in [6.45, 7) is 2.70. The lowest BCUT2D eigenvalue weighted by molar-refractivity contribution is 0.548. The Morgan fingerprint density at radius 1 is 0.913 bits per heavy atom. The number of benzene rings is 2. The molecule has 0 saturated carbocycles. The lowest BCUT2D eigenvalue weighted by Gasteiger charge is -2.08. The Morgan fingerprint density at radius 3 is 2.48 bits per heavy atom. The van der Waals surface area contributed by atoms with Crippen LogP contribution < -0.4 is 5.32 Å². The van der Waals surface area contributed by atoms with Crippen molar-refractivity contribution >= 4 is 10.9 Å². The van der Waals surface area contributed by atoms with Crippen molar-refractivity contribution < 1.29 is 13.2 Å². The van der Waals surface area contributed by atoms with Gasteiger partial charge in [0, 0.05) is 54.8 Å². The molecule has 0 unspecified atom stereocenters. The van der Waals surface area contributed by atoms with Crippen LogP contribution in [0.2, 0.25) is 0 Å². The van der Waals surface area contributed by atoms with E-state index in [1.165, 1.54) is 5.69 Å². The van der Waals surface area contributed by atoms with Gasteiger partial charge < -0.3 is 9.88 Å². The highest BCUT2D eigenvalue weighted by molar-refractivity contribution is 5.87. The molecule has 118 valence electrons. The summed E-state index contributed by atoms with van der Waals surface area (Å²) in [7, 11) is 0. The summed E-state index contributed by atoms with van der Waals surface area (Å²) in [6, 6.07) is 8.82. The fraction of sp³-hybridized carbons (Fsp3) is 0.222. The molecule has 0 fully saturated rings. The fourth-order valence-electron chi connectivity index (χ4n) is 3.31. The van der Waals surface area contributed by atoms with Crippen LogP contribution in [-0.2, 0) is 13.0 Å². The van der Waals surface area contributed by atoms with E-state index in [1.807, 2.05) is 6.07 Å². The van der Waals surface area contributed by atoms with Gasteiger partial charge in [-0.2, -0.15) is 0 Å². The van der Waals surface area contributed by atoms with Gasteiger partial charge >= 0.3 is 0 Å². The molecule has 1 aliphatic heterocycles. The Kier molecular flexibility index (Phi) is 3.38. The zero-order valence-corrected chi connectivity index (χ0v) is 12.4. The van der Waals surface area contributed by atoms with Crippen molar-refractivity contribution in [3.8, 4) is 11.1 Å². The first-order valence-electron chi connectivity index (χ1n) is 7.61. The first-order valence-corrected chi connectivity index (χ1v) is 7.61. The standard InChI is InChI=1S/C18H15F3N2/c19-13-9-15(20)18(16(21)10-13)11-1-2-17-12(7-11)8-14-3-4-22-5-6-23(14)17/h1-2,7-10,22H,3-6H2. The highest BCUT2D eigenvalue weighted by atomic mass is 19.1. The number of aromatic nitrogens is 1. The molecule has 0 atom stereocenters. The molecule has 1 aliphatic rings. The molecule has 0 bridgehead atoms. The molecule has 1 aromatic heterocycles. The summed E-state index contributed by atoms with van der Waals surface area (Å²) in [4.78, 5) is 0. The van der Waals surface area contributed by atoms with Gasteiger partial charge in [-0.05, 0) is 23.8 Å². The van der Waals surface area contributed by atoms with Crippen molar-refractivity contribution in [2.24, 2.45) is 0 Å². The van der Waals surface area contributed by atoms with Crippen LogP contribution in [0, 0.1) is 17.5 Å². The van der Waals surface area contributed by atoms with Gasteiger partial charge in [0.25, 0.3) is 0 Å². The maximum Gasteiger partial charge on any atom is 0.136 e. The van der Waals surface area contributed by atoms with Crippen molar-refractivity contribution in [3.63, 3.8) is 0 Å². The molecule has 3 aromatic rings. The van der Waals surface area contributed by atoms with Crippen LogP contribution >= 0.6 is 0 Å². The van der Waals surface area contributed by atoms with E-state index in [-0.39, 0.29) is 5.56 Å². The number of halogens is 3. The van der Waals surface area contributed by atoms with E-state index in [4.69, 9.17) is 0 Å². The molecule has 0 spiro atoms. The molecule has 0 saturated heterocycles. The van der Waals surface area contributed by atoms with Gasteiger partial charge in [0.05, 0.1) is 5.56 Å². The summed E-state index contributed by atoms with van der Waals surface area (Å²) in [5, 5.41) is 4.29. The largest absolute Gasteiger partial charge is 0.343 e. The molecule has 2 heterocycles. The number of nitrogens with zero attached hydrogens (tertiary/aromatic N) is 1. The van der Waals surface area contributed by atoms with Gasteiger partial charge in [-0.1, -0.05) is 6.07 Å². The molecular weight excluding hydrogens is 301 g/mol. The molecule has 0 radical (unpaired) electrons. The number of rotatable bonds is 1. The highest BCUT2D eigenvalue weighted by Gasteiger charge is 2.16. The van der Waals surface area contributed by atoms with Crippen molar-refractivity contribution in [2.45, 2.75) is 13.0 Å². The van der Waals surface area contributed by atoms with E-state index in [1.54, 1.807) is 12.1 Å². The Hall–Kier alpha value is -2.27. The number of hydrogen-bond donors (Lipinski definition) is 1. The summed E-state index contributed by atoms with van der Waals surface area (Å²) in [6.07, 6.45) is 0.920. The minimum atomic E-state index is -0.909. The third kappa shape index (κ3) is 2.41. The topological polar surface area (TPSA) is 17.0 Å². The first-order chi connectivity index (χ1) is 11.1. The minimum absolute atomic E-state index is 0.184.